The first-order chi connectivity index (χ1) is 11.6. The largest absolute Gasteiger partial charge is 0.365 e. The van der Waals surface area contributed by atoms with Crippen LogP contribution in [0.3, 0.4) is 0 Å². The summed E-state index contributed by atoms with van der Waals surface area (Å²) in [6.45, 7) is 0.474. The Morgan fingerprint density at radius 3 is 2.83 bits per heavy atom. The molecule has 1 saturated heterocycles. The number of pyridine rings is 1. The van der Waals surface area contributed by atoms with Gasteiger partial charge in [0.05, 0.1) is 18.2 Å². The van der Waals surface area contributed by atoms with Crippen molar-refractivity contribution in [3.8, 4) is 0 Å². The number of hydrogen-bond acceptors (Lipinski definition) is 4. The molecule has 0 spiro atoms. The molecule has 1 aliphatic rings. The van der Waals surface area contributed by atoms with Crippen LogP contribution < -0.4 is 10.2 Å². The predicted molar refractivity (Wildman–Crippen MR) is 85.1 cm³/mol. The highest BCUT2D eigenvalue weighted by Gasteiger charge is 2.27. The maximum absolute atomic E-state index is 13.0. The molecule has 1 unspecified atom stereocenters. The van der Waals surface area contributed by atoms with Gasteiger partial charge in [-0.15, -0.1) is 0 Å². The van der Waals surface area contributed by atoms with Gasteiger partial charge in [-0.3, -0.25) is 14.6 Å². The molecule has 0 bridgehead atoms. The Balaban J connectivity index is 1.60. The number of hydrogen-bond donors (Lipinski definition) is 1. The van der Waals surface area contributed by atoms with Gasteiger partial charge in [-0.1, -0.05) is 0 Å². The van der Waals surface area contributed by atoms with Gasteiger partial charge >= 0.3 is 0 Å². The van der Waals surface area contributed by atoms with E-state index in [1.165, 1.54) is 23.2 Å². The minimum Gasteiger partial charge on any atom is -0.365 e. The Morgan fingerprint density at radius 1 is 1.33 bits per heavy atom. The van der Waals surface area contributed by atoms with Gasteiger partial charge in [0.25, 0.3) is 11.8 Å². The summed E-state index contributed by atoms with van der Waals surface area (Å²) in [5.41, 5.74) is 1.06. The minimum absolute atomic E-state index is 0.0786. The van der Waals surface area contributed by atoms with E-state index in [0.29, 0.717) is 11.3 Å². The summed E-state index contributed by atoms with van der Waals surface area (Å²) in [7, 11) is 0. The third-order valence-corrected chi connectivity index (χ3v) is 3.68. The number of nitrogens with zero attached hydrogens (tertiary/aromatic N) is 2. The highest BCUT2D eigenvalue weighted by molar-refractivity contribution is 5.95. The van der Waals surface area contributed by atoms with Crippen LogP contribution in [0.25, 0.3) is 0 Å². The van der Waals surface area contributed by atoms with Crippen LogP contribution in [-0.4, -0.2) is 42.6 Å². The fraction of sp³-hybridized carbons (Fsp3) is 0.235. The zero-order chi connectivity index (χ0) is 16.9. The summed E-state index contributed by atoms with van der Waals surface area (Å²) in [5, 5.41) is 2.76. The van der Waals surface area contributed by atoms with Gasteiger partial charge in [0.2, 0.25) is 0 Å². The van der Waals surface area contributed by atoms with E-state index >= 15 is 0 Å². The first-order valence-corrected chi connectivity index (χ1v) is 7.49. The van der Waals surface area contributed by atoms with Crippen molar-refractivity contribution in [1.29, 1.82) is 0 Å². The van der Waals surface area contributed by atoms with E-state index in [0.717, 1.165) is 0 Å². The topological polar surface area (TPSA) is 71.5 Å². The molecule has 2 aromatic rings. The molecule has 0 aliphatic carbocycles. The zero-order valence-corrected chi connectivity index (χ0v) is 12.8. The fourth-order valence-corrected chi connectivity index (χ4v) is 2.42. The van der Waals surface area contributed by atoms with Crippen molar-refractivity contribution in [3.05, 3.63) is 60.2 Å². The molecule has 1 atom stereocenters. The second-order valence-corrected chi connectivity index (χ2v) is 5.37. The van der Waals surface area contributed by atoms with E-state index in [4.69, 9.17) is 4.74 Å². The molecule has 3 rings (SSSR count). The Kier molecular flexibility index (Phi) is 4.81. The first kappa shape index (κ1) is 16.1. The van der Waals surface area contributed by atoms with Crippen molar-refractivity contribution >= 4 is 17.5 Å². The average molecular weight is 329 g/mol. The van der Waals surface area contributed by atoms with Gasteiger partial charge < -0.3 is 15.0 Å². The fourth-order valence-electron chi connectivity index (χ4n) is 2.42. The second-order valence-electron chi connectivity index (χ2n) is 5.37. The van der Waals surface area contributed by atoms with E-state index in [2.05, 4.69) is 10.3 Å². The van der Waals surface area contributed by atoms with Crippen LogP contribution in [-0.2, 0) is 9.53 Å². The Morgan fingerprint density at radius 2 is 2.12 bits per heavy atom. The number of nitrogens with one attached hydrogen (secondary N) is 1. The van der Waals surface area contributed by atoms with E-state index in [-0.39, 0.29) is 43.4 Å². The summed E-state index contributed by atoms with van der Waals surface area (Å²) in [5.74, 6) is -0.812. The molecule has 6 nitrogen and oxygen atoms in total. The number of carbonyl (C=O) groups is 2. The van der Waals surface area contributed by atoms with Gasteiger partial charge in [-0.2, -0.15) is 0 Å². The molecule has 2 heterocycles. The number of aromatic nitrogens is 1. The second kappa shape index (κ2) is 7.18. The lowest BCUT2D eigenvalue weighted by Crippen LogP contribution is -2.50. The van der Waals surface area contributed by atoms with Crippen molar-refractivity contribution in [2.45, 2.75) is 6.10 Å². The summed E-state index contributed by atoms with van der Waals surface area (Å²) in [6.07, 6.45) is 2.73. The number of anilines is 1. The monoisotopic (exact) mass is 329 g/mol. The molecule has 124 valence electrons. The summed E-state index contributed by atoms with van der Waals surface area (Å²) in [4.78, 5) is 29.4. The SMILES string of the molecule is O=C(NCC1CN(c2ccc(F)cc2)C(=O)CO1)c1cccnc1. The lowest BCUT2D eigenvalue weighted by Gasteiger charge is -2.32. The van der Waals surface area contributed by atoms with Crippen LogP contribution in [0.5, 0.6) is 0 Å². The number of halogens is 1. The molecule has 1 aromatic heterocycles. The minimum atomic E-state index is -0.361. The van der Waals surface area contributed by atoms with E-state index in [9.17, 15) is 14.0 Å². The molecular weight excluding hydrogens is 313 g/mol. The standard InChI is InChI=1S/C17H16FN3O3/c18-13-3-5-14(6-4-13)21-10-15(24-11-16(21)22)9-20-17(23)12-2-1-7-19-8-12/h1-8,15H,9-11H2,(H,20,23). The zero-order valence-electron chi connectivity index (χ0n) is 12.8. The maximum Gasteiger partial charge on any atom is 0.253 e. The molecule has 1 N–H and O–H groups in total. The van der Waals surface area contributed by atoms with Crippen molar-refractivity contribution in [2.24, 2.45) is 0 Å². The van der Waals surface area contributed by atoms with Gasteiger partial charge in [0.15, 0.2) is 0 Å². The summed E-state index contributed by atoms with van der Waals surface area (Å²) < 4.78 is 18.5. The van der Waals surface area contributed by atoms with Crippen LogP contribution in [0.4, 0.5) is 10.1 Å². The van der Waals surface area contributed by atoms with Crippen molar-refractivity contribution in [2.75, 3.05) is 24.6 Å². The van der Waals surface area contributed by atoms with Crippen molar-refractivity contribution in [1.82, 2.24) is 10.3 Å². The summed E-state index contributed by atoms with van der Waals surface area (Å²) >= 11 is 0. The predicted octanol–water partition coefficient (Wildman–Crippen LogP) is 1.38. The lowest BCUT2D eigenvalue weighted by atomic mass is 10.2. The highest BCUT2D eigenvalue weighted by Crippen LogP contribution is 2.19. The first-order valence-electron chi connectivity index (χ1n) is 7.49. The molecule has 7 heteroatoms. The number of morpholine rings is 1. The molecule has 0 saturated carbocycles. The molecule has 1 aliphatic heterocycles. The number of ether oxygens (including phenoxy) is 1. The van der Waals surface area contributed by atoms with Crippen LogP contribution in [0, 0.1) is 5.82 Å². The number of carbonyl (C=O) groups excluding carboxylic acids is 2. The Bertz CT molecular complexity index is 722. The number of benzene rings is 1. The van der Waals surface area contributed by atoms with Crippen LogP contribution in [0.2, 0.25) is 0 Å². The van der Waals surface area contributed by atoms with Crippen LogP contribution >= 0.6 is 0 Å². The molecular formula is C17H16FN3O3. The quantitative estimate of drug-likeness (QED) is 0.920. The molecule has 0 radical (unpaired) electrons. The number of rotatable bonds is 4. The summed E-state index contributed by atoms with van der Waals surface area (Å²) in [6, 6.07) is 9.04. The van der Waals surface area contributed by atoms with Crippen molar-refractivity contribution < 1.29 is 18.7 Å². The molecule has 1 aromatic carbocycles. The Hall–Kier alpha value is -2.80. The smallest absolute Gasteiger partial charge is 0.253 e. The van der Waals surface area contributed by atoms with Gasteiger partial charge in [0, 0.05) is 24.6 Å². The van der Waals surface area contributed by atoms with E-state index in [1.54, 1.807) is 30.5 Å². The van der Waals surface area contributed by atoms with Gasteiger partial charge in [-0.05, 0) is 36.4 Å². The van der Waals surface area contributed by atoms with Crippen molar-refractivity contribution in [3.63, 3.8) is 0 Å². The number of amides is 2. The third-order valence-electron chi connectivity index (χ3n) is 3.68. The van der Waals surface area contributed by atoms with Gasteiger partial charge in [-0.25, -0.2) is 4.39 Å². The highest BCUT2D eigenvalue weighted by atomic mass is 19.1. The average Bonchev–Trinajstić information content (AvgIpc) is 2.62. The van der Waals surface area contributed by atoms with E-state index < -0.39 is 0 Å². The molecule has 1 fully saturated rings. The van der Waals surface area contributed by atoms with E-state index in [1.807, 2.05) is 0 Å². The molecule has 2 amide bonds. The van der Waals surface area contributed by atoms with Crippen LogP contribution in [0.1, 0.15) is 10.4 Å². The Labute approximate surface area is 138 Å². The van der Waals surface area contributed by atoms with Gasteiger partial charge in [0.1, 0.15) is 12.4 Å². The maximum atomic E-state index is 13.0. The molecule has 24 heavy (non-hydrogen) atoms. The third kappa shape index (κ3) is 3.75. The normalized spacial score (nSPS) is 17.6. The lowest BCUT2D eigenvalue weighted by molar-refractivity contribution is -0.129. The van der Waals surface area contributed by atoms with Crippen LogP contribution in [0.15, 0.2) is 48.8 Å².